The first-order chi connectivity index (χ1) is 13.8. The van der Waals surface area contributed by atoms with Crippen molar-refractivity contribution in [3.05, 3.63) is 35.4 Å². The van der Waals surface area contributed by atoms with Crippen LogP contribution in [0.4, 0.5) is 0 Å². The van der Waals surface area contributed by atoms with Crippen LogP contribution >= 0.6 is 24.0 Å². The lowest BCUT2D eigenvalue weighted by molar-refractivity contribution is -0.0390. The van der Waals surface area contributed by atoms with Crippen LogP contribution in [0.2, 0.25) is 0 Å². The molecule has 29 heavy (non-hydrogen) atoms. The largest absolute Gasteiger partial charge is 0.381 e. The Labute approximate surface area is 193 Å². The third-order valence-electron chi connectivity index (χ3n) is 6.09. The Hall–Kier alpha value is -0.860. The van der Waals surface area contributed by atoms with Crippen LogP contribution in [-0.4, -0.2) is 38.4 Å². The quantitative estimate of drug-likeness (QED) is 0.316. The minimum absolute atomic E-state index is 0. The van der Waals surface area contributed by atoms with E-state index in [0.717, 1.165) is 44.5 Å². The van der Waals surface area contributed by atoms with Gasteiger partial charge in [-0.15, -0.1) is 24.0 Å². The van der Waals surface area contributed by atoms with Crippen LogP contribution in [0.15, 0.2) is 29.3 Å². The molecule has 2 N–H and O–H groups in total. The molecule has 2 fully saturated rings. The van der Waals surface area contributed by atoms with Gasteiger partial charge in [0.1, 0.15) is 0 Å². The number of ether oxygens (including phenoxy) is 2. The van der Waals surface area contributed by atoms with Crippen molar-refractivity contribution >= 4 is 29.9 Å². The predicted molar refractivity (Wildman–Crippen MR) is 130 cm³/mol. The molecule has 1 heterocycles. The van der Waals surface area contributed by atoms with E-state index >= 15 is 0 Å². The molecule has 1 aromatic carbocycles. The molecule has 1 aromatic rings. The molecule has 0 amide bonds. The summed E-state index contributed by atoms with van der Waals surface area (Å²) in [4.78, 5) is 4.41. The maximum Gasteiger partial charge on any atom is 0.191 e. The van der Waals surface area contributed by atoms with Crippen LogP contribution < -0.4 is 10.6 Å². The number of nitrogens with zero attached hydrogens (tertiary/aromatic N) is 1. The molecule has 1 saturated heterocycles. The van der Waals surface area contributed by atoms with E-state index in [4.69, 9.17) is 9.47 Å². The van der Waals surface area contributed by atoms with Gasteiger partial charge in [-0.3, -0.25) is 4.99 Å². The summed E-state index contributed by atoms with van der Waals surface area (Å²) in [6.45, 7) is 5.39. The van der Waals surface area contributed by atoms with Crippen molar-refractivity contribution in [2.75, 3.05) is 20.3 Å². The number of aliphatic imine (C=N–C) groups is 1. The maximum absolute atomic E-state index is 6.05. The number of rotatable bonds is 7. The summed E-state index contributed by atoms with van der Waals surface area (Å²) in [7, 11) is 1.85. The second kappa shape index (κ2) is 13.4. The molecule has 5 nitrogen and oxygen atoms in total. The number of halogens is 1. The first-order valence-corrected chi connectivity index (χ1v) is 11.0. The van der Waals surface area contributed by atoms with Gasteiger partial charge < -0.3 is 20.1 Å². The molecular formula is C23H38IN3O2. The summed E-state index contributed by atoms with van der Waals surface area (Å²) >= 11 is 0. The molecule has 1 saturated carbocycles. The summed E-state index contributed by atoms with van der Waals surface area (Å²) in [5.41, 5.74) is 2.48. The number of nitrogens with one attached hydrogen (secondary N) is 2. The number of hydrogen-bond acceptors (Lipinski definition) is 3. The number of benzene rings is 1. The third-order valence-corrected chi connectivity index (χ3v) is 6.09. The fourth-order valence-electron chi connectivity index (χ4n) is 4.17. The Balaban J connectivity index is 0.00000300. The summed E-state index contributed by atoms with van der Waals surface area (Å²) < 4.78 is 11.4. The third kappa shape index (κ3) is 8.42. The van der Waals surface area contributed by atoms with Gasteiger partial charge in [-0.05, 0) is 55.6 Å². The van der Waals surface area contributed by atoms with Crippen LogP contribution in [0, 0.1) is 5.92 Å². The van der Waals surface area contributed by atoms with Crippen molar-refractivity contribution in [2.24, 2.45) is 10.9 Å². The van der Waals surface area contributed by atoms with Crippen LogP contribution in [0.5, 0.6) is 0 Å². The fourth-order valence-corrected chi connectivity index (χ4v) is 4.17. The molecule has 0 radical (unpaired) electrons. The Bertz CT molecular complexity index is 612. The van der Waals surface area contributed by atoms with E-state index in [1.807, 2.05) is 7.05 Å². The predicted octanol–water partition coefficient (Wildman–Crippen LogP) is 4.63. The zero-order chi connectivity index (χ0) is 19.6. The lowest BCUT2D eigenvalue weighted by atomic mass is 9.84. The van der Waals surface area contributed by atoms with Gasteiger partial charge in [0.05, 0.1) is 12.7 Å². The molecule has 0 bridgehead atoms. The normalized spacial score (nSPS) is 23.3. The molecule has 0 atom stereocenters. The molecule has 0 spiro atoms. The van der Waals surface area contributed by atoms with Gasteiger partial charge in [0.15, 0.2) is 5.96 Å². The summed E-state index contributed by atoms with van der Waals surface area (Å²) in [6, 6.07) is 9.19. The maximum atomic E-state index is 6.05. The van der Waals surface area contributed by atoms with E-state index < -0.39 is 0 Å². The van der Waals surface area contributed by atoms with E-state index in [2.05, 4.69) is 46.8 Å². The molecule has 2 aliphatic rings. The van der Waals surface area contributed by atoms with E-state index in [9.17, 15) is 0 Å². The lowest BCUT2D eigenvalue weighted by Crippen LogP contribution is -2.44. The molecule has 6 heteroatoms. The Morgan fingerprint density at radius 1 is 1.10 bits per heavy atom. The molecular weight excluding hydrogens is 477 g/mol. The van der Waals surface area contributed by atoms with Gasteiger partial charge in [-0.2, -0.15) is 0 Å². The Morgan fingerprint density at radius 3 is 2.52 bits per heavy atom. The highest BCUT2D eigenvalue weighted by molar-refractivity contribution is 14.0. The van der Waals surface area contributed by atoms with Crippen molar-refractivity contribution in [3.63, 3.8) is 0 Å². The molecule has 164 valence electrons. The monoisotopic (exact) mass is 515 g/mol. The van der Waals surface area contributed by atoms with Crippen LogP contribution in [-0.2, 0) is 22.6 Å². The van der Waals surface area contributed by atoms with E-state index in [0.29, 0.717) is 18.8 Å². The lowest BCUT2D eigenvalue weighted by Gasteiger charge is -2.29. The molecule has 0 unspecified atom stereocenters. The Kier molecular flexibility index (Phi) is 11.3. The molecule has 1 aliphatic carbocycles. The molecule has 3 rings (SSSR count). The highest BCUT2D eigenvalue weighted by Gasteiger charge is 2.20. The van der Waals surface area contributed by atoms with Crippen molar-refractivity contribution in [1.82, 2.24) is 10.6 Å². The first kappa shape index (κ1) is 24.4. The highest BCUT2D eigenvalue weighted by atomic mass is 127. The fraction of sp³-hybridized carbons (Fsp3) is 0.696. The average Bonchev–Trinajstić information content (AvgIpc) is 2.76. The summed E-state index contributed by atoms with van der Waals surface area (Å²) in [5.74, 6) is 1.82. The van der Waals surface area contributed by atoms with E-state index in [1.54, 1.807) is 0 Å². The second-order valence-corrected chi connectivity index (χ2v) is 8.14. The highest BCUT2D eigenvalue weighted by Crippen LogP contribution is 2.26. The SMILES string of the molecule is CCC1CCC(NC(=NC)NCc2cccc(COC3CCOCC3)c2)CC1.I. The van der Waals surface area contributed by atoms with Crippen LogP contribution in [0.3, 0.4) is 0 Å². The number of guanidine groups is 1. The van der Waals surface area contributed by atoms with E-state index in [1.165, 1.54) is 43.2 Å². The van der Waals surface area contributed by atoms with Gasteiger partial charge >= 0.3 is 0 Å². The van der Waals surface area contributed by atoms with Gasteiger partial charge in [-0.25, -0.2) is 0 Å². The van der Waals surface area contributed by atoms with Crippen LogP contribution in [0.25, 0.3) is 0 Å². The first-order valence-electron chi connectivity index (χ1n) is 11.0. The minimum atomic E-state index is 0. The van der Waals surface area contributed by atoms with Crippen molar-refractivity contribution in [3.8, 4) is 0 Å². The van der Waals surface area contributed by atoms with Crippen LogP contribution in [0.1, 0.15) is 63.0 Å². The zero-order valence-electron chi connectivity index (χ0n) is 18.0. The van der Waals surface area contributed by atoms with Gasteiger partial charge in [0, 0.05) is 32.8 Å². The Morgan fingerprint density at radius 2 is 1.83 bits per heavy atom. The van der Waals surface area contributed by atoms with Gasteiger partial charge in [0.2, 0.25) is 0 Å². The average molecular weight is 515 g/mol. The van der Waals surface area contributed by atoms with E-state index in [-0.39, 0.29) is 24.0 Å². The van der Waals surface area contributed by atoms with Crippen molar-refractivity contribution in [2.45, 2.75) is 77.2 Å². The standard InChI is InChI=1S/C23H37N3O2.HI/c1-3-18-7-9-21(10-8-18)26-23(24-2)25-16-19-5-4-6-20(15-19)17-28-22-11-13-27-14-12-22;/h4-6,15,18,21-22H,3,7-14,16-17H2,1-2H3,(H2,24,25,26);1H. The number of hydrogen-bond donors (Lipinski definition) is 2. The van der Waals surface area contributed by atoms with Crippen molar-refractivity contribution < 1.29 is 9.47 Å². The smallest absolute Gasteiger partial charge is 0.191 e. The topological polar surface area (TPSA) is 54.9 Å². The van der Waals surface area contributed by atoms with Gasteiger partial charge in [-0.1, -0.05) is 37.6 Å². The minimum Gasteiger partial charge on any atom is -0.381 e. The summed E-state index contributed by atoms with van der Waals surface area (Å²) in [5, 5.41) is 7.08. The second-order valence-electron chi connectivity index (χ2n) is 8.14. The van der Waals surface area contributed by atoms with Gasteiger partial charge in [0.25, 0.3) is 0 Å². The van der Waals surface area contributed by atoms with Crippen molar-refractivity contribution in [1.29, 1.82) is 0 Å². The zero-order valence-corrected chi connectivity index (χ0v) is 20.3. The summed E-state index contributed by atoms with van der Waals surface area (Å²) in [6.07, 6.45) is 8.82. The molecule has 0 aromatic heterocycles. The molecule has 1 aliphatic heterocycles.